The first-order chi connectivity index (χ1) is 16.6. The van der Waals surface area contributed by atoms with E-state index in [9.17, 15) is 9.59 Å². The summed E-state index contributed by atoms with van der Waals surface area (Å²) in [6.07, 6.45) is 1.69. The van der Waals surface area contributed by atoms with Gasteiger partial charge >= 0.3 is 0 Å². The van der Waals surface area contributed by atoms with Gasteiger partial charge in [-0.25, -0.2) is 4.98 Å². The first-order valence-electron chi connectivity index (χ1n) is 11.8. The summed E-state index contributed by atoms with van der Waals surface area (Å²) in [5.41, 5.74) is 2.31. The van der Waals surface area contributed by atoms with E-state index in [1.165, 1.54) is 16.5 Å². The number of nitrogens with zero attached hydrogens (tertiary/aromatic N) is 5. The molecule has 2 aliphatic heterocycles. The SMILES string of the molecule is CC(=O)N1Cc2sc3ncn(CCN4CCN(c5cccc6ccccc56)CC4)c(=O)c3c2C1. The van der Waals surface area contributed by atoms with Crippen LogP contribution >= 0.6 is 11.3 Å². The van der Waals surface area contributed by atoms with Crippen molar-refractivity contribution in [3.05, 3.63) is 69.6 Å². The molecule has 2 aromatic carbocycles. The molecule has 6 rings (SSSR count). The second kappa shape index (κ2) is 8.52. The molecular formula is C26H27N5O2S. The van der Waals surface area contributed by atoms with Gasteiger partial charge in [0, 0.05) is 74.3 Å². The Balaban J connectivity index is 1.13. The number of benzene rings is 2. The first-order valence-corrected chi connectivity index (χ1v) is 12.6. The number of aromatic nitrogens is 2. The summed E-state index contributed by atoms with van der Waals surface area (Å²) < 4.78 is 1.74. The summed E-state index contributed by atoms with van der Waals surface area (Å²) in [6, 6.07) is 15.1. The van der Waals surface area contributed by atoms with Crippen molar-refractivity contribution in [2.45, 2.75) is 26.6 Å². The van der Waals surface area contributed by atoms with E-state index in [1.54, 1.807) is 34.1 Å². The Bertz CT molecular complexity index is 1450. The predicted molar refractivity (Wildman–Crippen MR) is 136 cm³/mol. The highest BCUT2D eigenvalue weighted by Gasteiger charge is 2.28. The van der Waals surface area contributed by atoms with Crippen LogP contribution in [-0.4, -0.2) is 58.0 Å². The molecule has 2 aromatic heterocycles. The molecule has 0 atom stereocenters. The zero-order chi connectivity index (χ0) is 23.2. The third-order valence-electron chi connectivity index (χ3n) is 7.13. The molecule has 1 fully saturated rings. The Morgan fingerprint density at radius 3 is 2.62 bits per heavy atom. The van der Waals surface area contributed by atoms with Crippen molar-refractivity contribution in [2.75, 3.05) is 37.6 Å². The maximum atomic E-state index is 13.3. The molecule has 174 valence electrons. The number of piperazine rings is 1. The van der Waals surface area contributed by atoms with Crippen LogP contribution in [0.15, 0.2) is 53.6 Å². The number of amides is 1. The zero-order valence-electron chi connectivity index (χ0n) is 19.2. The molecule has 0 unspecified atom stereocenters. The molecule has 4 heterocycles. The van der Waals surface area contributed by atoms with Crippen LogP contribution < -0.4 is 10.5 Å². The molecule has 1 amide bonds. The number of carbonyl (C=O) groups excluding carboxylic acids is 1. The van der Waals surface area contributed by atoms with Crippen molar-refractivity contribution >= 4 is 43.9 Å². The second-order valence-electron chi connectivity index (χ2n) is 9.13. The van der Waals surface area contributed by atoms with Crippen LogP contribution in [0.1, 0.15) is 17.4 Å². The number of hydrogen-bond acceptors (Lipinski definition) is 6. The molecule has 0 N–H and O–H groups in total. The first kappa shape index (κ1) is 21.3. The monoisotopic (exact) mass is 473 g/mol. The Morgan fingerprint density at radius 2 is 1.79 bits per heavy atom. The van der Waals surface area contributed by atoms with E-state index in [2.05, 4.69) is 57.2 Å². The molecule has 8 heteroatoms. The Hall–Kier alpha value is -3.23. The number of rotatable bonds is 4. The molecular weight excluding hydrogens is 446 g/mol. The second-order valence-corrected chi connectivity index (χ2v) is 10.2. The van der Waals surface area contributed by atoms with E-state index >= 15 is 0 Å². The van der Waals surface area contributed by atoms with Crippen LogP contribution in [0.5, 0.6) is 0 Å². The summed E-state index contributed by atoms with van der Waals surface area (Å²) >= 11 is 1.54. The normalized spacial score (nSPS) is 16.5. The van der Waals surface area contributed by atoms with Gasteiger partial charge in [0.05, 0.1) is 18.3 Å². The summed E-state index contributed by atoms with van der Waals surface area (Å²) in [6.45, 7) is 8.00. The minimum Gasteiger partial charge on any atom is -0.368 e. The summed E-state index contributed by atoms with van der Waals surface area (Å²) in [4.78, 5) is 38.2. The quantitative estimate of drug-likeness (QED) is 0.455. The lowest BCUT2D eigenvalue weighted by atomic mass is 10.1. The maximum Gasteiger partial charge on any atom is 0.262 e. The maximum absolute atomic E-state index is 13.3. The molecule has 1 saturated heterocycles. The topological polar surface area (TPSA) is 61.7 Å². The van der Waals surface area contributed by atoms with Gasteiger partial charge in [-0.2, -0.15) is 0 Å². The van der Waals surface area contributed by atoms with E-state index in [0.717, 1.165) is 48.0 Å². The molecule has 0 aliphatic carbocycles. The number of anilines is 1. The van der Waals surface area contributed by atoms with Crippen LogP contribution in [0.2, 0.25) is 0 Å². The molecule has 0 bridgehead atoms. The lowest BCUT2D eigenvalue weighted by Crippen LogP contribution is -2.47. The predicted octanol–water partition coefficient (Wildman–Crippen LogP) is 3.30. The van der Waals surface area contributed by atoms with Crippen LogP contribution in [0.4, 0.5) is 5.69 Å². The standard InChI is InChI=1S/C26H27N5O2S/c1-18(32)31-15-21-23(16-31)34-25-24(21)26(33)30(17-27-25)14-11-28-9-12-29(13-10-28)22-8-4-6-19-5-2-3-7-20(19)22/h2-8,17H,9-16H2,1H3. The van der Waals surface area contributed by atoms with Crippen molar-refractivity contribution in [1.82, 2.24) is 19.4 Å². The highest BCUT2D eigenvalue weighted by Crippen LogP contribution is 2.34. The van der Waals surface area contributed by atoms with Crippen LogP contribution in [-0.2, 0) is 24.4 Å². The van der Waals surface area contributed by atoms with Crippen LogP contribution in [0.3, 0.4) is 0 Å². The van der Waals surface area contributed by atoms with Crippen molar-refractivity contribution in [2.24, 2.45) is 0 Å². The third kappa shape index (κ3) is 3.67. The van der Waals surface area contributed by atoms with Crippen LogP contribution in [0, 0.1) is 0 Å². The lowest BCUT2D eigenvalue weighted by Gasteiger charge is -2.36. The molecule has 0 spiro atoms. The summed E-state index contributed by atoms with van der Waals surface area (Å²) in [5, 5.41) is 3.28. The van der Waals surface area contributed by atoms with Crippen LogP contribution in [0.25, 0.3) is 21.0 Å². The fourth-order valence-electron chi connectivity index (χ4n) is 5.17. The van der Waals surface area contributed by atoms with Crippen molar-refractivity contribution in [3.8, 4) is 0 Å². The number of hydrogen-bond donors (Lipinski definition) is 0. The van der Waals surface area contributed by atoms with Gasteiger partial charge in [-0.1, -0.05) is 36.4 Å². The van der Waals surface area contributed by atoms with Gasteiger partial charge < -0.3 is 9.80 Å². The van der Waals surface area contributed by atoms with Gasteiger partial charge in [0.1, 0.15) is 4.83 Å². The summed E-state index contributed by atoms with van der Waals surface area (Å²) in [5.74, 6) is 0.0448. The summed E-state index contributed by atoms with van der Waals surface area (Å²) in [7, 11) is 0. The lowest BCUT2D eigenvalue weighted by molar-refractivity contribution is -0.129. The molecule has 34 heavy (non-hydrogen) atoms. The Morgan fingerprint density at radius 1 is 1.00 bits per heavy atom. The van der Waals surface area contributed by atoms with Gasteiger partial charge in [0.25, 0.3) is 5.56 Å². The van der Waals surface area contributed by atoms with Gasteiger partial charge in [-0.05, 0) is 11.5 Å². The van der Waals surface area contributed by atoms with Gasteiger partial charge in [0.2, 0.25) is 5.91 Å². The highest BCUT2D eigenvalue weighted by atomic mass is 32.1. The van der Waals surface area contributed by atoms with Gasteiger partial charge in [0.15, 0.2) is 0 Å². The average Bonchev–Trinajstić information content (AvgIpc) is 3.42. The van der Waals surface area contributed by atoms with E-state index < -0.39 is 0 Å². The minimum atomic E-state index is 0.0160. The molecule has 7 nitrogen and oxygen atoms in total. The van der Waals surface area contributed by atoms with E-state index in [0.29, 0.717) is 25.0 Å². The molecule has 2 aliphatic rings. The number of carbonyl (C=O) groups is 1. The zero-order valence-corrected chi connectivity index (χ0v) is 20.1. The fraction of sp³-hybridized carbons (Fsp3) is 0.346. The van der Waals surface area contributed by atoms with Gasteiger partial charge in [-0.15, -0.1) is 11.3 Å². The number of thiophene rings is 1. The molecule has 4 aromatic rings. The van der Waals surface area contributed by atoms with Crippen molar-refractivity contribution < 1.29 is 4.79 Å². The van der Waals surface area contributed by atoms with E-state index in [1.807, 2.05) is 0 Å². The Labute approximate surface area is 201 Å². The Kier molecular flexibility index (Phi) is 5.34. The smallest absolute Gasteiger partial charge is 0.262 e. The van der Waals surface area contributed by atoms with Crippen molar-refractivity contribution in [3.63, 3.8) is 0 Å². The fourth-order valence-corrected chi connectivity index (χ4v) is 6.33. The largest absolute Gasteiger partial charge is 0.368 e. The third-order valence-corrected chi connectivity index (χ3v) is 8.25. The number of fused-ring (bicyclic) bond motifs is 4. The minimum absolute atomic E-state index is 0.0160. The molecule has 0 radical (unpaired) electrons. The van der Waals surface area contributed by atoms with E-state index in [4.69, 9.17) is 0 Å². The van der Waals surface area contributed by atoms with Crippen molar-refractivity contribution in [1.29, 1.82) is 0 Å². The average molecular weight is 474 g/mol. The van der Waals surface area contributed by atoms with Gasteiger partial charge in [-0.3, -0.25) is 19.1 Å². The highest BCUT2D eigenvalue weighted by molar-refractivity contribution is 7.18. The van der Waals surface area contributed by atoms with E-state index in [-0.39, 0.29) is 11.5 Å². The molecule has 0 saturated carbocycles.